The number of carbonyl (C=O) groups excluding carboxylic acids is 1. The monoisotopic (exact) mass is 182 g/mol. The third-order valence-corrected chi connectivity index (χ3v) is 1.30. The van der Waals surface area contributed by atoms with Gasteiger partial charge in [-0.25, -0.2) is 9.59 Å². The van der Waals surface area contributed by atoms with Gasteiger partial charge in [-0.2, -0.15) is 0 Å². The number of benzene rings is 1. The molecule has 1 aromatic carbocycles. The van der Waals surface area contributed by atoms with E-state index in [1.54, 1.807) is 0 Å². The van der Waals surface area contributed by atoms with Crippen molar-refractivity contribution in [1.29, 1.82) is 0 Å². The quantitative estimate of drug-likeness (QED) is 0.504. The van der Waals surface area contributed by atoms with Crippen molar-refractivity contribution in [3.63, 3.8) is 0 Å². The first-order valence-corrected chi connectivity index (χ1v) is 3.34. The zero-order valence-corrected chi connectivity index (χ0v) is 6.43. The topological polar surface area (TPSA) is 83.8 Å². The molecule has 0 heterocycles. The molecule has 5 heteroatoms. The van der Waals surface area contributed by atoms with Crippen molar-refractivity contribution in [1.82, 2.24) is 0 Å². The summed E-state index contributed by atoms with van der Waals surface area (Å²) in [6.45, 7) is 0. The van der Waals surface area contributed by atoms with E-state index in [-0.39, 0.29) is 11.3 Å². The minimum Gasteiger partial charge on any atom is -0.507 e. The molecule has 1 aromatic rings. The van der Waals surface area contributed by atoms with E-state index in [1.165, 1.54) is 24.3 Å². The molecule has 0 amide bonds. The number of hydrogen-bond donors (Lipinski definition) is 2. The van der Waals surface area contributed by atoms with Crippen LogP contribution in [0.1, 0.15) is 10.4 Å². The minimum absolute atomic E-state index is 0.176. The van der Waals surface area contributed by atoms with Crippen LogP contribution in [0.3, 0.4) is 0 Å². The van der Waals surface area contributed by atoms with Gasteiger partial charge in [0.2, 0.25) is 0 Å². The number of para-hydroxylation sites is 1. The average molecular weight is 182 g/mol. The van der Waals surface area contributed by atoms with Crippen molar-refractivity contribution in [2.75, 3.05) is 0 Å². The lowest BCUT2D eigenvalue weighted by Gasteiger charge is -2.00. The lowest BCUT2D eigenvalue weighted by atomic mass is 10.2. The van der Waals surface area contributed by atoms with Crippen LogP contribution in [0.15, 0.2) is 24.3 Å². The van der Waals surface area contributed by atoms with E-state index in [0.29, 0.717) is 0 Å². The normalized spacial score (nSPS) is 9.23. The molecule has 0 saturated carbocycles. The molecule has 0 aliphatic heterocycles. The fourth-order valence-corrected chi connectivity index (χ4v) is 0.781. The maximum atomic E-state index is 10.9. The maximum Gasteiger partial charge on any atom is 0.513 e. The third kappa shape index (κ3) is 2.19. The van der Waals surface area contributed by atoms with Gasteiger partial charge in [0.15, 0.2) is 0 Å². The molecule has 0 spiro atoms. The summed E-state index contributed by atoms with van der Waals surface area (Å²) in [4.78, 5) is 20.9. The number of esters is 1. The predicted octanol–water partition coefficient (Wildman–Crippen LogP) is 1.23. The Morgan fingerprint density at radius 1 is 1.23 bits per heavy atom. The van der Waals surface area contributed by atoms with Crippen LogP contribution in [0.5, 0.6) is 5.75 Å². The molecule has 68 valence electrons. The molecule has 0 aliphatic rings. The Labute approximate surface area is 73.2 Å². The number of rotatable bonds is 1. The van der Waals surface area contributed by atoms with Crippen LogP contribution < -0.4 is 0 Å². The third-order valence-electron chi connectivity index (χ3n) is 1.30. The van der Waals surface area contributed by atoms with Gasteiger partial charge in [-0.1, -0.05) is 12.1 Å². The van der Waals surface area contributed by atoms with Gasteiger partial charge in [-0.15, -0.1) is 0 Å². The molecule has 2 N–H and O–H groups in total. The number of phenols is 1. The van der Waals surface area contributed by atoms with Gasteiger partial charge in [0.1, 0.15) is 11.3 Å². The maximum absolute atomic E-state index is 10.9. The van der Waals surface area contributed by atoms with Gasteiger partial charge in [-0.05, 0) is 12.1 Å². The number of carboxylic acid groups (broad SMARTS) is 1. The zero-order chi connectivity index (χ0) is 9.84. The van der Waals surface area contributed by atoms with Crippen LogP contribution in [0.4, 0.5) is 4.79 Å². The van der Waals surface area contributed by atoms with Gasteiger partial charge >= 0.3 is 12.1 Å². The zero-order valence-electron chi connectivity index (χ0n) is 6.43. The first-order chi connectivity index (χ1) is 6.11. The van der Waals surface area contributed by atoms with Gasteiger partial charge in [0, 0.05) is 0 Å². The second-order valence-electron chi connectivity index (χ2n) is 2.17. The second-order valence-corrected chi connectivity index (χ2v) is 2.17. The minimum atomic E-state index is -1.70. The van der Waals surface area contributed by atoms with E-state index < -0.39 is 12.1 Å². The molecule has 0 bridgehead atoms. The SMILES string of the molecule is O=C(O)OC(=O)c1ccccc1O. The highest BCUT2D eigenvalue weighted by Gasteiger charge is 2.14. The van der Waals surface area contributed by atoms with E-state index >= 15 is 0 Å². The van der Waals surface area contributed by atoms with Gasteiger partial charge in [0.25, 0.3) is 0 Å². The van der Waals surface area contributed by atoms with Crippen LogP contribution in [-0.2, 0) is 4.74 Å². The van der Waals surface area contributed by atoms with Crippen LogP contribution in [0.25, 0.3) is 0 Å². The van der Waals surface area contributed by atoms with Crippen LogP contribution in [-0.4, -0.2) is 22.3 Å². The Morgan fingerprint density at radius 2 is 1.85 bits per heavy atom. The van der Waals surface area contributed by atoms with Crippen LogP contribution in [0.2, 0.25) is 0 Å². The van der Waals surface area contributed by atoms with Crippen molar-refractivity contribution >= 4 is 12.1 Å². The first-order valence-electron chi connectivity index (χ1n) is 3.34. The summed E-state index contributed by atoms with van der Waals surface area (Å²) >= 11 is 0. The fourth-order valence-electron chi connectivity index (χ4n) is 0.781. The Balaban J connectivity index is 2.89. The Hall–Kier alpha value is -2.04. The molecular weight excluding hydrogens is 176 g/mol. The lowest BCUT2D eigenvalue weighted by Crippen LogP contribution is -2.09. The highest BCUT2D eigenvalue weighted by Crippen LogP contribution is 2.16. The molecule has 1 rings (SSSR count). The summed E-state index contributed by atoms with van der Waals surface area (Å²) in [7, 11) is 0. The highest BCUT2D eigenvalue weighted by atomic mass is 16.7. The molecule has 0 aromatic heterocycles. The predicted molar refractivity (Wildman–Crippen MR) is 41.5 cm³/mol. The van der Waals surface area contributed by atoms with E-state index in [4.69, 9.17) is 10.2 Å². The number of hydrogen-bond acceptors (Lipinski definition) is 4. The summed E-state index contributed by atoms with van der Waals surface area (Å²) in [6.07, 6.45) is -1.70. The summed E-state index contributed by atoms with van der Waals surface area (Å²) < 4.78 is 3.83. The number of aromatic hydroxyl groups is 1. The number of ether oxygens (including phenoxy) is 1. The largest absolute Gasteiger partial charge is 0.513 e. The molecule has 0 radical (unpaired) electrons. The summed E-state index contributed by atoms with van der Waals surface area (Å²) in [5.74, 6) is -1.40. The van der Waals surface area contributed by atoms with Gasteiger partial charge < -0.3 is 14.9 Å². The lowest BCUT2D eigenvalue weighted by molar-refractivity contribution is 0.0506. The van der Waals surface area contributed by atoms with Crippen LogP contribution in [0, 0.1) is 0 Å². The molecule has 0 unspecified atom stereocenters. The molecule has 0 atom stereocenters. The summed E-state index contributed by atoms with van der Waals surface area (Å²) in [5.41, 5.74) is -0.176. The smallest absolute Gasteiger partial charge is 0.507 e. The van der Waals surface area contributed by atoms with Crippen molar-refractivity contribution < 1.29 is 24.5 Å². The number of carbonyl (C=O) groups is 2. The Bertz CT molecular complexity index is 344. The molecular formula is C8H6O5. The first kappa shape index (κ1) is 9.05. The van der Waals surface area contributed by atoms with Gasteiger partial charge in [0.05, 0.1) is 0 Å². The summed E-state index contributed by atoms with van der Waals surface area (Å²) in [5, 5.41) is 17.2. The molecule has 0 saturated heterocycles. The van der Waals surface area contributed by atoms with E-state index in [0.717, 1.165) is 0 Å². The van der Waals surface area contributed by atoms with Crippen molar-refractivity contribution in [2.45, 2.75) is 0 Å². The molecule has 13 heavy (non-hydrogen) atoms. The van der Waals surface area contributed by atoms with Crippen molar-refractivity contribution in [3.05, 3.63) is 29.8 Å². The van der Waals surface area contributed by atoms with Gasteiger partial charge in [-0.3, -0.25) is 0 Å². The Kier molecular flexibility index (Phi) is 2.49. The van der Waals surface area contributed by atoms with E-state index in [2.05, 4.69) is 4.74 Å². The van der Waals surface area contributed by atoms with Crippen molar-refractivity contribution in [3.8, 4) is 5.75 Å². The second kappa shape index (κ2) is 3.57. The fraction of sp³-hybridized carbons (Fsp3) is 0. The Morgan fingerprint density at radius 3 is 2.38 bits per heavy atom. The molecule has 5 nitrogen and oxygen atoms in total. The van der Waals surface area contributed by atoms with Crippen LogP contribution >= 0.6 is 0 Å². The standard InChI is InChI=1S/C8H6O5/c9-6-4-2-1-3-5(6)7(10)13-8(11)12/h1-4,9H,(H,11,12). The molecule has 0 aliphatic carbocycles. The summed E-state index contributed by atoms with van der Waals surface area (Å²) in [6, 6.07) is 5.52. The highest BCUT2D eigenvalue weighted by molar-refractivity contribution is 5.97. The molecule has 0 fully saturated rings. The van der Waals surface area contributed by atoms with E-state index in [9.17, 15) is 9.59 Å². The average Bonchev–Trinajstić information content (AvgIpc) is 2.03. The van der Waals surface area contributed by atoms with E-state index in [1.807, 2.05) is 0 Å². The van der Waals surface area contributed by atoms with Crippen molar-refractivity contribution in [2.24, 2.45) is 0 Å². The number of phenolic OH excluding ortho intramolecular Hbond substituents is 1.